The number of anilines is 1. The largest absolute Gasteiger partial charge is 0.325 e. The Bertz CT molecular complexity index is 890. The number of rotatable bonds is 7. The summed E-state index contributed by atoms with van der Waals surface area (Å²) < 4.78 is 2.04. The molecule has 1 heterocycles. The zero-order valence-corrected chi connectivity index (χ0v) is 16.7. The van der Waals surface area contributed by atoms with Gasteiger partial charge in [0.1, 0.15) is 0 Å². The lowest BCUT2D eigenvalue weighted by molar-refractivity contribution is -0.115. The van der Waals surface area contributed by atoms with Crippen molar-refractivity contribution in [2.45, 2.75) is 44.1 Å². The second kappa shape index (κ2) is 8.86. The van der Waals surface area contributed by atoms with Gasteiger partial charge in [0.25, 0.3) is 0 Å². The van der Waals surface area contributed by atoms with E-state index in [1.165, 1.54) is 17.3 Å². The highest BCUT2D eigenvalue weighted by molar-refractivity contribution is 8.00. The number of nitrogens with zero attached hydrogens (tertiary/aromatic N) is 3. The fourth-order valence-corrected chi connectivity index (χ4v) is 3.65. The van der Waals surface area contributed by atoms with Crippen molar-refractivity contribution in [3.63, 3.8) is 0 Å². The number of benzene rings is 2. The molecule has 0 spiro atoms. The van der Waals surface area contributed by atoms with Gasteiger partial charge in [0.15, 0.2) is 11.0 Å². The van der Waals surface area contributed by atoms with Crippen molar-refractivity contribution < 1.29 is 4.79 Å². The lowest BCUT2D eigenvalue weighted by Crippen LogP contribution is -2.23. The Balaban J connectivity index is 1.70. The second-order valence-corrected chi connectivity index (χ2v) is 7.52. The van der Waals surface area contributed by atoms with Crippen molar-refractivity contribution in [3.05, 3.63) is 60.2 Å². The third-order valence-corrected chi connectivity index (χ3v) is 5.43. The minimum Gasteiger partial charge on any atom is -0.325 e. The standard InChI is InChI=1S/C21H24N4OS/c1-4-16-11-13-18(14-12-16)22-20(26)15(3)27-21-24-23-19(25(21)5-2)17-9-7-6-8-10-17/h6-15H,4-5H2,1-3H3,(H,22,26)/t15-/m0/s1. The molecule has 2 aromatic carbocycles. The number of aromatic nitrogens is 3. The third-order valence-electron chi connectivity index (χ3n) is 4.35. The molecule has 0 saturated carbocycles. The van der Waals surface area contributed by atoms with E-state index >= 15 is 0 Å². The fraction of sp³-hybridized carbons (Fsp3) is 0.286. The maximum atomic E-state index is 12.6. The number of carbonyl (C=O) groups excluding carboxylic acids is 1. The van der Waals surface area contributed by atoms with Gasteiger partial charge in [-0.1, -0.05) is 61.2 Å². The van der Waals surface area contributed by atoms with Crippen molar-refractivity contribution in [1.29, 1.82) is 0 Å². The van der Waals surface area contributed by atoms with Gasteiger partial charge < -0.3 is 9.88 Å². The molecule has 0 saturated heterocycles. The van der Waals surface area contributed by atoms with E-state index in [2.05, 4.69) is 29.4 Å². The molecule has 1 atom stereocenters. The van der Waals surface area contributed by atoms with Crippen LogP contribution in [0.3, 0.4) is 0 Å². The molecule has 0 unspecified atom stereocenters. The van der Waals surface area contributed by atoms with E-state index in [1.807, 2.05) is 66.1 Å². The van der Waals surface area contributed by atoms with Crippen LogP contribution in [-0.2, 0) is 17.8 Å². The number of hydrogen-bond acceptors (Lipinski definition) is 4. The molecule has 27 heavy (non-hydrogen) atoms. The summed E-state index contributed by atoms with van der Waals surface area (Å²) in [4.78, 5) is 12.6. The zero-order chi connectivity index (χ0) is 19.2. The van der Waals surface area contributed by atoms with E-state index in [4.69, 9.17) is 0 Å². The van der Waals surface area contributed by atoms with Crippen LogP contribution in [0.2, 0.25) is 0 Å². The quantitative estimate of drug-likeness (QED) is 0.606. The van der Waals surface area contributed by atoms with Crippen LogP contribution in [0.5, 0.6) is 0 Å². The number of carbonyl (C=O) groups is 1. The molecule has 0 aliphatic carbocycles. The first-order valence-electron chi connectivity index (χ1n) is 9.17. The molecule has 3 rings (SSSR count). The highest BCUT2D eigenvalue weighted by Crippen LogP contribution is 2.27. The fourth-order valence-electron chi connectivity index (χ4n) is 2.74. The van der Waals surface area contributed by atoms with Gasteiger partial charge in [0, 0.05) is 17.8 Å². The maximum absolute atomic E-state index is 12.6. The van der Waals surface area contributed by atoms with Crippen LogP contribution in [0.25, 0.3) is 11.4 Å². The molecule has 140 valence electrons. The molecule has 0 fully saturated rings. The average molecular weight is 381 g/mol. The first kappa shape index (κ1) is 19.2. The van der Waals surface area contributed by atoms with Crippen molar-refractivity contribution in [2.24, 2.45) is 0 Å². The van der Waals surface area contributed by atoms with E-state index in [-0.39, 0.29) is 11.2 Å². The zero-order valence-electron chi connectivity index (χ0n) is 15.8. The Morgan fingerprint density at radius 1 is 1.07 bits per heavy atom. The van der Waals surface area contributed by atoms with Crippen molar-refractivity contribution >= 4 is 23.4 Å². The number of hydrogen-bond donors (Lipinski definition) is 1. The van der Waals surface area contributed by atoms with Crippen LogP contribution in [-0.4, -0.2) is 25.9 Å². The van der Waals surface area contributed by atoms with Crippen molar-refractivity contribution in [1.82, 2.24) is 14.8 Å². The molecule has 1 N–H and O–H groups in total. The summed E-state index contributed by atoms with van der Waals surface area (Å²) in [6.07, 6.45) is 0.983. The predicted octanol–water partition coefficient (Wildman–Crippen LogP) is 4.65. The summed E-state index contributed by atoms with van der Waals surface area (Å²) in [5, 5.41) is 12.1. The second-order valence-electron chi connectivity index (χ2n) is 6.22. The summed E-state index contributed by atoms with van der Waals surface area (Å²) in [6, 6.07) is 17.9. The lowest BCUT2D eigenvalue weighted by Gasteiger charge is -2.13. The molecule has 1 amide bonds. The van der Waals surface area contributed by atoms with E-state index < -0.39 is 0 Å². The monoisotopic (exact) mass is 380 g/mol. The number of aryl methyl sites for hydroxylation is 1. The van der Waals surface area contributed by atoms with Crippen LogP contribution < -0.4 is 5.32 Å². The number of amides is 1. The Hall–Kier alpha value is -2.60. The van der Waals surface area contributed by atoms with Crippen molar-refractivity contribution in [3.8, 4) is 11.4 Å². The first-order chi connectivity index (χ1) is 13.1. The number of nitrogens with one attached hydrogen (secondary N) is 1. The van der Waals surface area contributed by atoms with Gasteiger partial charge >= 0.3 is 0 Å². The molecular weight excluding hydrogens is 356 g/mol. The molecular formula is C21H24N4OS. The summed E-state index contributed by atoms with van der Waals surface area (Å²) in [7, 11) is 0. The van der Waals surface area contributed by atoms with E-state index in [0.717, 1.165) is 35.2 Å². The maximum Gasteiger partial charge on any atom is 0.237 e. The van der Waals surface area contributed by atoms with Crippen LogP contribution in [0.15, 0.2) is 59.8 Å². The third kappa shape index (κ3) is 4.57. The van der Waals surface area contributed by atoms with Gasteiger partial charge in [0.05, 0.1) is 5.25 Å². The summed E-state index contributed by atoms with van der Waals surface area (Å²) >= 11 is 1.42. The molecule has 0 aliphatic heterocycles. The molecule has 6 heteroatoms. The Kier molecular flexibility index (Phi) is 6.29. The van der Waals surface area contributed by atoms with Gasteiger partial charge in [-0.25, -0.2) is 0 Å². The predicted molar refractivity (Wildman–Crippen MR) is 111 cm³/mol. The van der Waals surface area contributed by atoms with Crippen LogP contribution in [0.1, 0.15) is 26.3 Å². The highest BCUT2D eigenvalue weighted by Gasteiger charge is 2.20. The van der Waals surface area contributed by atoms with Gasteiger partial charge in [0.2, 0.25) is 5.91 Å². The molecule has 0 radical (unpaired) electrons. The molecule has 0 aliphatic rings. The summed E-state index contributed by atoms with van der Waals surface area (Å²) in [5.41, 5.74) is 3.08. The smallest absolute Gasteiger partial charge is 0.237 e. The lowest BCUT2D eigenvalue weighted by atomic mass is 10.1. The Morgan fingerprint density at radius 3 is 2.41 bits per heavy atom. The Labute approximate surface area is 164 Å². The first-order valence-corrected chi connectivity index (χ1v) is 10.1. The van der Waals surface area contributed by atoms with E-state index in [1.54, 1.807) is 0 Å². The normalized spacial score (nSPS) is 12.0. The van der Waals surface area contributed by atoms with Gasteiger partial charge in [-0.05, 0) is 38.0 Å². The van der Waals surface area contributed by atoms with Crippen molar-refractivity contribution in [2.75, 3.05) is 5.32 Å². The Morgan fingerprint density at radius 2 is 1.78 bits per heavy atom. The van der Waals surface area contributed by atoms with E-state index in [9.17, 15) is 4.79 Å². The van der Waals surface area contributed by atoms with Gasteiger partial charge in [-0.15, -0.1) is 10.2 Å². The van der Waals surface area contributed by atoms with Gasteiger partial charge in [-0.2, -0.15) is 0 Å². The summed E-state index contributed by atoms with van der Waals surface area (Å²) in [5.74, 6) is 0.777. The van der Waals surface area contributed by atoms with Crippen LogP contribution in [0.4, 0.5) is 5.69 Å². The molecule has 3 aromatic rings. The topological polar surface area (TPSA) is 59.8 Å². The molecule has 0 bridgehead atoms. The average Bonchev–Trinajstić information content (AvgIpc) is 3.11. The summed E-state index contributed by atoms with van der Waals surface area (Å²) in [6.45, 7) is 6.80. The minimum atomic E-state index is -0.283. The highest BCUT2D eigenvalue weighted by atomic mass is 32.2. The molecule has 1 aromatic heterocycles. The van der Waals surface area contributed by atoms with Crippen LogP contribution in [0, 0.1) is 0 Å². The van der Waals surface area contributed by atoms with Gasteiger partial charge in [-0.3, -0.25) is 4.79 Å². The van der Waals surface area contributed by atoms with E-state index in [0.29, 0.717) is 0 Å². The SMILES string of the molecule is CCc1ccc(NC(=O)[C@H](C)Sc2nnc(-c3ccccc3)n2CC)cc1. The van der Waals surface area contributed by atoms with Crippen LogP contribution >= 0.6 is 11.8 Å². The molecule has 5 nitrogen and oxygen atoms in total. The minimum absolute atomic E-state index is 0.0452. The number of thioether (sulfide) groups is 1.